The smallest absolute Gasteiger partial charge is 0.305 e. The number of hydrogen-bond donors (Lipinski definition) is 3. The SMILES string of the molecule is COC(=O)CCC(C)C1CCC2C3C(CCC12C)C1(C)CC[C@@H](NCCN)CC1C[C@H]3O. The minimum Gasteiger partial charge on any atom is -0.469 e. The predicted molar refractivity (Wildman–Crippen MR) is 128 cm³/mol. The number of methoxy groups -OCH3 is 1. The molecule has 0 amide bonds. The Morgan fingerprint density at radius 1 is 1.12 bits per heavy atom. The van der Waals surface area contributed by atoms with Crippen LogP contribution in [0.25, 0.3) is 0 Å². The highest BCUT2D eigenvalue weighted by Crippen LogP contribution is 2.68. The van der Waals surface area contributed by atoms with Crippen LogP contribution in [-0.2, 0) is 9.53 Å². The Bertz CT molecular complexity index is 671. The molecule has 4 aliphatic carbocycles. The minimum atomic E-state index is -0.153. The molecular formula is C27H48N2O3. The van der Waals surface area contributed by atoms with Crippen molar-refractivity contribution >= 4 is 5.97 Å². The second-order valence-corrected chi connectivity index (χ2v) is 12.3. The Hall–Kier alpha value is -0.650. The van der Waals surface area contributed by atoms with E-state index in [9.17, 15) is 9.90 Å². The molecule has 4 saturated carbocycles. The van der Waals surface area contributed by atoms with Gasteiger partial charge in [-0.1, -0.05) is 20.8 Å². The van der Waals surface area contributed by atoms with E-state index in [4.69, 9.17) is 10.5 Å². The molecule has 0 radical (unpaired) electrons. The molecule has 4 fully saturated rings. The van der Waals surface area contributed by atoms with E-state index in [0.29, 0.717) is 65.3 Å². The third kappa shape index (κ3) is 4.15. The summed E-state index contributed by atoms with van der Waals surface area (Å²) in [6.07, 6.45) is 11.1. The van der Waals surface area contributed by atoms with Crippen molar-refractivity contribution in [2.75, 3.05) is 20.2 Å². The quantitative estimate of drug-likeness (QED) is 0.510. The van der Waals surface area contributed by atoms with Crippen molar-refractivity contribution in [1.82, 2.24) is 5.32 Å². The first-order chi connectivity index (χ1) is 15.2. The number of ether oxygens (including phenoxy) is 1. The maximum absolute atomic E-state index is 11.7. The molecule has 8 unspecified atom stereocenters. The molecule has 0 saturated heterocycles. The van der Waals surface area contributed by atoms with Crippen molar-refractivity contribution in [1.29, 1.82) is 0 Å². The fourth-order valence-electron chi connectivity index (χ4n) is 9.32. The number of nitrogens with two attached hydrogens (primary N) is 1. The molecule has 0 bridgehead atoms. The van der Waals surface area contributed by atoms with E-state index in [1.165, 1.54) is 52.1 Å². The molecule has 184 valence electrons. The van der Waals surface area contributed by atoms with Crippen LogP contribution >= 0.6 is 0 Å². The van der Waals surface area contributed by atoms with Crippen LogP contribution < -0.4 is 11.1 Å². The molecule has 0 aromatic carbocycles. The molecule has 4 aliphatic rings. The average molecular weight is 449 g/mol. The van der Waals surface area contributed by atoms with E-state index in [1.807, 2.05) is 0 Å². The summed E-state index contributed by atoms with van der Waals surface area (Å²) in [5.74, 6) is 3.49. The monoisotopic (exact) mass is 448 g/mol. The molecular weight excluding hydrogens is 400 g/mol. The summed E-state index contributed by atoms with van der Waals surface area (Å²) >= 11 is 0. The zero-order valence-corrected chi connectivity index (χ0v) is 20.9. The highest BCUT2D eigenvalue weighted by Gasteiger charge is 2.62. The zero-order valence-electron chi connectivity index (χ0n) is 20.9. The molecule has 5 nitrogen and oxygen atoms in total. The van der Waals surface area contributed by atoms with Crippen molar-refractivity contribution in [2.45, 2.75) is 97.1 Å². The van der Waals surface area contributed by atoms with E-state index >= 15 is 0 Å². The van der Waals surface area contributed by atoms with Gasteiger partial charge in [-0.3, -0.25) is 4.79 Å². The highest BCUT2D eigenvalue weighted by atomic mass is 16.5. The fourth-order valence-corrected chi connectivity index (χ4v) is 9.32. The van der Waals surface area contributed by atoms with Gasteiger partial charge in [-0.05, 0) is 104 Å². The van der Waals surface area contributed by atoms with Crippen molar-refractivity contribution in [3.8, 4) is 0 Å². The zero-order chi connectivity index (χ0) is 23.1. The number of nitrogens with one attached hydrogen (secondary N) is 1. The van der Waals surface area contributed by atoms with Gasteiger partial charge in [-0.25, -0.2) is 0 Å². The number of carbonyl (C=O) groups is 1. The summed E-state index contributed by atoms with van der Waals surface area (Å²) in [5.41, 5.74) is 6.40. The number of aliphatic hydroxyl groups excluding tert-OH is 1. The Balaban J connectivity index is 1.48. The van der Waals surface area contributed by atoms with Crippen molar-refractivity contribution in [2.24, 2.45) is 52.1 Å². The van der Waals surface area contributed by atoms with E-state index in [1.54, 1.807) is 0 Å². The van der Waals surface area contributed by atoms with Gasteiger partial charge in [-0.15, -0.1) is 0 Å². The number of aliphatic hydroxyl groups is 1. The Morgan fingerprint density at radius 2 is 1.84 bits per heavy atom. The van der Waals surface area contributed by atoms with Crippen LogP contribution in [0.3, 0.4) is 0 Å². The molecule has 4 N–H and O–H groups in total. The third-order valence-electron chi connectivity index (χ3n) is 11.1. The fraction of sp³-hybridized carbons (Fsp3) is 0.963. The summed E-state index contributed by atoms with van der Waals surface area (Å²) in [5, 5.41) is 15.2. The van der Waals surface area contributed by atoms with Gasteiger partial charge in [0.1, 0.15) is 0 Å². The van der Waals surface area contributed by atoms with Crippen LogP contribution in [0.15, 0.2) is 0 Å². The summed E-state index contributed by atoms with van der Waals surface area (Å²) in [6.45, 7) is 9.03. The average Bonchev–Trinajstić information content (AvgIpc) is 3.13. The summed E-state index contributed by atoms with van der Waals surface area (Å²) < 4.78 is 4.89. The van der Waals surface area contributed by atoms with Crippen LogP contribution in [0, 0.1) is 46.3 Å². The normalized spacial score (nSPS) is 46.6. The summed E-state index contributed by atoms with van der Waals surface area (Å²) in [7, 11) is 1.49. The lowest BCUT2D eigenvalue weighted by molar-refractivity contribution is -0.167. The standard InChI is InChI=1S/C27H48N2O3/c1-17(5-8-24(31)32-4)20-6-7-21-25-22(10-12-27(20,21)3)26(2)11-9-19(29-14-13-28)15-18(26)16-23(25)30/h17-23,25,29-30H,5-16,28H2,1-4H3/t17?,18?,19-,20?,21?,22?,23-,25?,26?,27?/m1/s1. The molecule has 0 aromatic heterocycles. The van der Waals surface area contributed by atoms with E-state index in [-0.39, 0.29) is 12.1 Å². The Morgan fingerprint density at radius 3 is 2.56 bits per heavy atom. The van der Waals surface area contributed by atoms with E-state index in [2.05, 4.69) is 26.1 Å². The van der Waals surface area contributed by atoms with Crippen LogP contribution in [0.2, 0.25) is 0 Å². The number of hydrogen-bond acceptors (Lipinski definition) is 5. The molecule has 0 heterocycles. The molecule has 32 heavy (non-hydrogen) atoms. The maximum atomic E-state index is 11.7. The highest BCUT2D eigenvalue weighted by molar-refractivity contribution is 5.69. The van der Waals surface area contributed by atoms with Gasteiger partial charge in [-0.2, -0.15) is 0 Å². The molecule has 0 spiro atoms. The third-order valence-corrected chi connectivity index (χ3v) is 11.1. The number of fused-ring (bicyclic) bond motifs is 5. The summed E-state index contributed by atoms with van der Waals surface area (Å²) in [6, 6.07) is 0.570. The second kappa shape index (κ2) is 9.54. The van der Waals surface area contributed by atoms with Crippen LogP contribution in [0.5, 0.6) is 0 Å². The first-order valence-electron chi connectivity index (χ1n) is 13.4. The van der Waals surface area contributed by atoms with Gasteiger partial charge in [0.2, 0.25) is 0 Å². The Kier molecular flexibility index (Phi) is 7.30. The lowest BCUT2D eigenvalue weighted by Gasteiger charge is -2.62. The first kappa shape index (κ1) is 24.5. The Labute approximate surface area is 195 Å². The van der Waals surface area contributed by atoms with Crippen molar-refractivity contribution < 1.29 is 14.6 Å². The largest absolute Gasteiger partial charge is 0.469 e. The number of esters is 1. The van der Waals surface area contributed by atoms with E-state index < -0.39 is 0 Å². The first-order valence-corrected chi connectivity index (χ1v) is 13.4. The van der Waals surface area contributed by atoms with E-state index in [0.717, 1.165) is 19.4 Å². The van der Waals surface area contributed by atoms with Crippen molar-refractivity contribution in [3.63, 3.8) is 0 Å². The second-order valence-electron chi connectivity index (χ2n) is 12.3. The molecule has 0 aliphatic heterocycles. The van der Waals surface area contributed by atoms with Crippen LogP contribution in [0.4, 0.5) is 0 Å². The maximum Gasteiger partial charge on any atom is 0.305 e. The molecule has 5 heteroatoms. The van der Waals surface area contributed by atoms with Gasteiger partial charge in [0.25, 0.3) is 0 Å². The predicted octanol–water partition coefficient (Wildman–Crippen LogP) is 4.12. The van der Waals surface area contributed by atoms with Crippen molar-refractivity contribution in [3.05, 3.63) is 0 Å². The summed E-state index contributed by atoms with van der Waals surface area (Å²) in [4.78, 5) is 11.7. The lowest BCUT2D eigenvalue weighted by Crippen LogP contribution is -2.59. The van der Waals surface area contributed by atoms with Crippen LogP contribution in [-0.4, -0.2) is 43.4 Å². The van der Waals surface area contributed by atoms with Gasteiger partial charge < -0.3 is 20.9 Å². The van der Waals surface area contributed by atoms with Crippen LogP contribution in [0.1, 0.15) is 85.0 Å². The van der Waals surface area contributed by atoms with Gasteiger partial charge in [0, 0.05) is 25.6 Å². The minimum absolute atomic E-state index is 0.0847. The lowest BCUT2D eigenvalue weighted by atomic mass is 9.43. The molecule has 10 atom stereocenters. The number of carbonyl (C=O) groups excluding carboxylic acids is 1. The topological polar surface area (TPSA) is 84.6 Å². The molecule has 4 rings (SSSR count). The number of rotatable bonds is 7. The van der Waals surface area contributed by atoms with Gasteiger partial charge in [0.05, 0.1) is 13.2 Å². The molecule has 0 aromatic rings. The van der Waals surface area contributed by atoms with Gasteiger partial charge in [0.15, 0.2) is 0 Å². The van der Waals surface area contributed by atoms with Gasteiger partial charge >= 0.3 is 5.97 Å².